The number of ether oxygens (including phenoxy) is 1. The van der Waals surface area contributed by atoms with Gasteiger partial charge in [0.25, 0.3) is 0 Å². The van der Waals surface area contributed by atoms with Crippen molar-refractivity contribution in [2.45, 2.75) is 32.7 Å². The van der Waals surface area contributed by atoms with Gasteiger partial charge >= 0.3 is 0 Å². The molecule has 0 amide bonds. The van der Waals surface area contributed by atoms with E-state index in [4.69, 9.17) is 4.74 Å². The third kappa shape index (κ3) is 4.18. The Kier molecular flexibility index (Phi) is 6.27. The molecule has 1 atom stereocenters. The summed E-state index contributed by atoms with van der Waals surface area (Å²) >= 11 is 0. The van der Waals surface area contributed by atoms with E-state index < -0.39 is 0 Å². The molecular formula is C16H27N3O. The second-order valence-corrected chi connectivity index (χ2v) is 5.57. The molecule has 2 rings (SSSR count). The van der Waals surface area contributed by atoms with Crippen molar-refractivity contribution in [2.75, 3.05) is 38.3 Å². The molecule has 0 radical (unpaired) electrons. The first kappa shape index (κ1) is 15.3. The fourth-order valence-electron chi connectivity index (χ4n) is 2.88. The molecule has 0 spiro atoms. The van der Waals surface area contributed by atoms with E-state index in [0.29, 0.717) is 5.92 Å². The van der Waals surface area contributed by atoms with Crippen LogP contribution >= 0.6 is 0 Å². The Hall–Kier alpha value is -1.13. The van der Waals surface area contributed by atoms with Crippen LogP contribution in [0, 0.1) is 5.92 Å². The first-order chi connectivity index (χ1) is 9.85. The quantitative estimate of drug-likeness (QED) is 0.777. The Morgan fingerprint density at radius 1 is 1.50 bits per heavy atom. The summed E-state index contributed by atoms with van der Waals surface area (Å²) in [5.74, 6) is 1.78. The van der Waals surface area contributed by atoms with Crippen molar-refractivity contribution in [2.24, 2.45) is 5.92 Å². The topological polar surface area (TPSA) is 37.4 Å². The summed E-state index contributed by atoms with van der Waals surface area (Å²) in [6.07, 6.45) is 5.56. The Labute approximate surface area is 122 Å². The number of hydrogen-bond acceptors (Lipinski definition) is 4. The van der Waals surface area contributed by atoms with Gasteiger partial charge in [-0.15, -0.1) is 0 Å². The normalized spacial score (nSPS) is 19.3. The molecular weight excluding hydrogens is 250 g/mol. The van der Waals surface area contributed by atoms with Crippen molar-refractivity contribution < 1.29 is 4.74 Å². The number of aromatic nitrogens is 1. The number of piperidine rings is 1. The predicted molar refractivity (Wildman–Crippen MR) is 83.0 cm³/mol. The smallest absolute Gasteiger partial charge is 0.133 e. The van der Waals surface area contributed by atoms with Crippen LogP contribution in [0.1, 0.15) is 31.7 Å². The molecule has 2 heterocycles. The van der Waals surface area contributed by atoms with Gasteiger partial charge in [0.2, 0.25) is 0 Å². The van der Waals surface area contributed by atoms with Crippen molar-refractivity contribution in [1.29, 1.82) is 0 Å². The van der Waals surface area contributed by atoms with Crippen molar-refractivity contribution in [3.05, 3.63) is 23.9 Å². The third-order valence-corrected chi connectivity index (χ3v) is 3.83. The lowest BCUT2D eigenvalue weighted by molar-refractivity contribution is 0.143. The van der Waals surface area contributed by atoms with Crippen LogP contribution in [0.4, 0.5) is 5.82 Å². The Balaban J connectivity index is 2.03. The standard InChI is InChI=1S/C16H27N3O/c1-3-8-17-11-15-7-4-9-18-16(15)19-10-5-6-14(12-19)13-20-2/h4,7,9,14,17H,3,5-6,8,10-13H2,1-2H3. The summed E-state index contributed by atoms with van der Waals surface area (Å²) in [6, 6.07) is 4.22. The molecule has 1 aromatic rings. The SMILES string of the molecule is CCCNCc1cccnc1N1CCCC(COC)C1. The van der Waals surface area contributed by atoms with Crippen LogP contribution in [0.15, 0.2) is 18.3 Å². The summed E-state index contributed by atoms with van der Waals surface area (Å²) < 4.78 is 5.32. The molecule has 1 unspecified atom stereocenters. The van der Waals surface area contributed by atoms with Gasteiger partial charge in [-0.2, -0.15) is 0 Å². The lowest BCUT2D eigenvalue weighted by Crippen LogP contribution is -2.38. The van der Waals surface area contributed by atoms with Gasteiger partial charge in [-0.25, -0.2) is 4.98 Å². The Bertz CT molecular complexity index is 395. The summed E-state index contributed by atoms with van der Waals surface area (Å²) in [7, 11) is 1.79. The van der Waals surface area contributed by atoms with Crippen molar-refractivity contribution >= 4 is 5.82 Å². The molecule has 0 aliphatic carbocycles. The average molecular weight is 277 g/mol. The first-order valence-electron chi connectivity index (χ1n) is 7.73. The Morgan fingerprint density at radius 3 is 3.20 bits per heavy atom. The predicted octanol–water partition coefficient (Wildman–Crippen LogP) is 2.44. The number of nitrogens with zero attached hydrogens (tertiary/aromatic N) is 2. The van der Waals surface area contributed by atoms with Gasteiger partial charge in [0.15, 0.2) is 0 Å². The van der Waals surface area contributed by atoms with E-state index in [2.05, 4.69) is 28.2 Å². The van der Waals surface area contributed by atoms with E-state index >= 15 is 0 Å². The number of anilines is 1. The highest BCUT2D eigenvalue weighted by Gasteiger charge is 2.22. The van der Waals surface area contributed by atoms with Gasteiger partial charge in [0, 0.05) is 38.5 Å². The van der Waals surface area contributed by atoms with Crippen LogP contribution in [0.3, 0.4) is 0 Å². The summed E-state index contributed by atoms with van der Waals surface area (Å²) in [6.45, 7) is 7.18. The average Bonchev–Trinajstić information content (AvgIpc) is 2.49. The minimum absolute atomic E-state index is 0.632. The van der Waals surface area contributed by atoms with Crippen molar-refractivity contribution in [1.82, 2.24) is 10.3 Å². The van der Waals surface area contributed by atoms with Crippen LogP contribution in [-0.4, -0.2) is 38.3 Å². The highest BCUT2D eigenvalue weighted by molar-refractivity contribution is 5.47. The molecule has 0 bridgehead atoms. The molecule has 20 heavy (non-hydrogen) atoms. The monoisotopic (exact) mass is 277 g/mol. The molecule has 1 aliphatic rings. The van der Waals surface area contributed by atoms with Crippen LogP contribution in [0.5, 0.6) is 0 Å². The van der Waals surface area contributed by atoms with E-state index in [9.17, 15) is 0 Å². The lowest BCUT2D eigenvalue weighted by Gasteiger charge is -2.34. The highest BCUT2D eigenvalue weighted by Crippen LogP contribution is 2.24. The van der Waals surface area contributed by atoms with Gasteiger partial charge in [-0.1, -0.05) is 13.0 Å². The molecule has 1 fully saturated rings. The van der Waals surface area contributed by atoms with Gasteiger partial charge in [0.05, 0.1) is 6.61 Å². The second-order valence-electron chi connectivity index (χ2n) is 5.57. The summed E-state index contributed by atoms with van der Waals surface area (Å²) in [5, 5.41) is 3.48. The van der Waals surface area contributed by atoms with E-state index in [1.54, 1.807) is 7.11 Å². The maximum Gasteiger partial charge on any atom is 0.133 e. The second kappa shape index (κ2) is 8.22. The van der Waals surface area contributed by atoms with Gasteiger partial charge in [-0.3, -0.25) is 0 Å². The molecule has 1 aromatic heterocycles. The van der Waals surface area contributed by atoms with Gasteiger partial charge < -0.3 is 15.0 Å². The van der Waals surface area contributed by atoms with E-state index in [0.717, 1.165) is 45.0 Å². The van der Waals surface area contributed by atoms with E-state index in [1.165, 1.54) is 18.4 Å². The molecule has 1 aliphatic heterocycles. The highest BCUT2D eigenvalue weighted by atomic mass is 16.5. The third-order valence-electron chi connectivity index (χ3n) is 3.83. The molecule has 112 valence electrons. The van der Waals surface area contributed by atoms with E-state index in [1.807, 2.05) is 12.3 Å². The van der Waals surface area contributed by atoms with Crippen LogP contribution in [-0.2, 0) is 11.3 Å². The zero-order chi connectivity index (χ0) is 14.2. The maximum absolute atomic E-state index is 5.32. The molecule has 4 heteroatoms. The van der Waals surface area contributed by atoms with Gasteiger partial charge in [0.1, 0.15) is 5.82 Å². The number of hydrogen-bond donors (Lipinski definition) is 1. The fraction of sp³-hybridized carbons (Fsp3) is 0.688. The van der Waals surface area contributed by atoms with E-state index in [-0.39, 0.29) is 0 Å². The zero-order valence-corrected chi connectivity index (χ0v) is 12.8. The molecule has 4 nitrogen and oxygen atoms in total. The summed E-state index contributed by atoms with van der Waals surface area (Å²) in [4.78, 5) is 7.05. The van der Waals surface area contributed by atoms with Crippen molar-refractivity contribution in [3.8, 4) is 0 Å². The molecule has 1 N–H and O–H groups in total. The first-order valence-corrected chi connectivity index (χ1v) is 7.73. The number of methoxy groups -OCH3 is 1. The maximum atomic E-state index is 5.32. The van der Waals surface area contributed by atoms with Crippen LogP contribution < -0.4 is 10.2 Å². The lowest BCUT2D eigenvalue weighted by atomic mass is 9.98. The number of nitrogens with one attached hydrogen (secondary N) is 1. The number of rotatable bonds is 7. The van der Waals surface area contributed by atoms with Crippen molar-refractivity contribution in [3.63, 3.8) is 0 Å². The molecule has 1 saturated heterocycles. The number of pyridine rings is 1. The van der Waals surface area contributed by atoms with Crippen LogP contribution in [0.25, 0.3) is 0 Å². The Morgan fingerprint density at radius 2 is 2.40 bits per heavy atom. The van der Waals surface area contributed by atoms with Gasteiger partial charge in [-0.05, 0) is 37.8 Å². The minimum Gasteiger partial charge on any atom is -0.384 e. The largest absolute Gasteiger partial charge is 0.384 e. The van der Waals surface area contributed by atoms with Crippen LogP contribution in [0.2, 0.25) is 0 Å². The molecule has 0 aromatic carbocycles. The zero-order valence-electron chi connectivity index (χ0n) is 12.8. The minimum atomic E-state index is 0.632. The fourth-order valence-corrected chi connectivity index (χ4v) is 2.88. The summed E-state index contributed by atoms with van der Waals surface area (Å²) in [5.41, 5.74) is 1.30. The molecule has 0 saturated carbocycles.